The van der Waals surface area contributed by atoms with E-state index in [4.69, 9.17) is 4.74 Å². The maximum absolute atomic E-state index is 11.6. The van der Waals surface area contributed by atoms with E-state index in [-0.39, 0.29) is 70.3 Å². The van der Waals surface area contributed by atoms with Crippen LogP contribution in [-0.2, 0) is 13.8 Å². The van der Waals surface area contributed by atoms with Crippen molar-refractivity contribution in [3.8, 4) is 0 Å². The number of rotatable bonds is 4. The number of phosphoric ester groups is 1. The number of ether oxygens (including phenoxy) is 1. The van der Waals surface area contributed by atoms with E-state index in [1.165, 1.54) is 0 Å². The monoisotopic (exact) mass is 413 g/mol. The topological polar surface area (TPSA) is 206 Å². The number of imidazole rings is 1. The van der Waals surface area contributed by atoms with E-state index in [9.17, 15) is 34.2 Å². The Morgan fingerprint density at radius 1 is 1.27 bits per heavy atom. The predicted octanol–water partition coefficient (Wildman–Crippen LogP) is -10.1. The third kappa shape index (κ3) is 4.94. The molecule has 16 heteroatoms. The average Bonchev–Trinajstić information content (AvgIpc) is 3.00. The molecule has 1 saturated heterocycles. The molecule has 0 spiro atoms. The van der Waals surface area contributed by atoms with Crippen molar-refractivity contribution in [1.82, 2.24) is 19.5 Å². The second-order valence-corrected chi connectivity index (χ2v) is 6.20. The normalized spacial score (nSPS) is 25.7. The molecule has 2 aromatic rings. The number of hydrogen-bond acceptors (Lipinski definition) is 10. The summed E-state index contributed by atoms with van der Waals surface area (Å²) in [5, 5.41) is 19.9. The second kappa shape index (κ2) is 9.09. The number of fused-ring (bicyclic) bond motifs is 1. The molecule has 26 heavy (non-hydrogen) atoms. The molecule has 1 fully saturated rings. The molecule has 0 aromatic carbocycles. The number of H-pyrrole nitrogens is 2. The second-order valence-electron chi connectivity index (χ2n) is 5.05. The minimum atomic E-state index is -5.28. The first kappa shape index (κ1) is 24.2. The van der Waals surface area contributed by atoms with Crippen molar-refractivity contribution >= 4 is 19.0 Å². The summed E-state index contributed by atoms with van der Waals surface area (Å²) in [7, 11) is -5.28. The Kier molecular flexibility index (Phi) is 8.46. The number of phosphoric acid groups is 1. The average molecular weight is 413 g/mol. The molecule has 13 nitrogen and oxygen atoms in total. The number of aliphatic hydroxyl groups is 2. The minimum Gasteiger partial charge on any atom is -0.790 e. The molecule has 132 valence electrons. The van der Waals surface area contributed by atoms with Gasteiger partial charge in [0.05, 0.1) is 20.8 Å². The first-order chi connectivity index (χ1) is 11.2. The van der Waals surface area contributed by atoms with Crippen LogP contribution in [0.2, 0.25) is 0 Å². The molecule has 4 N–H and O–H groups in total. The van der Waals surface area contributed by atoms with Crippen molar-refractivity contribution in [2.75, 3.05) is 6.61 Å². The third-order valence-electron chi connectivity index (χ3n) is 3.48. The van der Waals surface area contributed by atoms with Crippen LogP contribution >= 0.6 is 7.82 Å². The van der Waals surface area contributed by atoms with Crippen LogP contribution < -0.4 is 80.2 Å². The quantitative estimate of drug-likeness (QED) is 0.211. The van der Waals surface area contributed by atoms with Gasteiger partial charge in [0.2, 0.25) is 0 Å². The van der Waals surface area contributed by atoms with Crippen molar-refractivity contribution in [2.24, 2.45) is 0 Å². The van der Waals surface area contributed by atoms with Gasteiger partial charge in [-0.15, -0.1) is 0 Å². The van der Waals surface area contributed by atoms with Gasteiger partial charge in [0.15, 0.2) is 11.7 Å². The van der Waals surface area contributed by atoms with E-state index in [1.807, 2.05) is 4.98 Å². The van der Waals surface area contributed by atoms with E-state index in [0.29, 0.717) is 0 Å². The standard InChI is InChI=1S/C10H13N4O9P.2Na/c15-5-3(1-22-24(19,20)21)23-9(6(5)16)14-2-11-4-7(14)12-10(18)13-8(4)17;;/h2-3,5-6,9,15-16H,1H2,(H2,19,20,21)(H2,12,13,17,18);;/q;2*+1/p-2/t3-,5-,6-,9-;;/m1../s1/i1+1,3+1,5+1,6+1,9+1;;. The first-order valence-electron chi connectivity index (χ1n) is 6.55. The molecular weight excluding hydrogens is 402 g/mol. The summed E-state index contributed by atoms with van der Waals surface area (Å²) >= 11 is 0. The van der Waals surface area contributed by atoms with Crippen LogP contribution in [0, 0.1) is 0 Å². The van der Waals surface area contributed by atoms with Gasteiger partial charge in [0.1, 0.15) is 24.0 Å². The van der Waals surface area contributed by atoms with E-state index < -0.39 is 50.2 Å². The number of nitrogens with one attached hydrogen (secondary N) is 2. The summed E-state index contributed by atoms with van der Waals surface area (Å²) in [6.07, 6.45) is -4.67. The van der Waals surface area contributed by atoms with Gasteiger partial charge >= 0.3 is 64.8 Å². The van der Waals surface area contributed by atoms with Crippen molar-refractivity contribution in [3.63, 3.8) is 0 Å². The van der Waals surface area contributed by atoms with Crippen molar-refractivity contribution in [2.45, 2.75) is 24.5 Å². The smallest absolute Gasteiger partial charge is 0.790 e. The Labute approximate surface area is 188 Å². The van der Waals surface area contributed by atoms with Crippen LogP contribution in [0.5, 0.6) is 0 Å². The third-order valence-corrected chi connectivity index (χ3v) is 3.94. The zero-order valence-electron chi connectivity index (χ0n) is 13.7. The van der Waals surface area contributed by atoms with Gasteiger partial charge in [0, 0.05) is 0 Å². The van der Waals surface area contributed by atoms with Gasteiger partial charge in [-0.05, 0) is 0 Å². The van der Waals surface area contributed by atoms with Crippen molar-refractivity contribution in [3.05, 3.63) is 27.2 Å². The number of aromatic nitrogens is 4. The molecule has 0 radical (unpaired) electrons. The molecule has 0 amide bonds. The van der Waals surface area contributed by atoms with Crippen LogP contribution in [0.15, 0.2) is 15.9 Å². The maximum Gasteiger partial charge on any atom is 1.00 e. The number of hydrogen-bond donors (Lipinski definition) is 4. The number of aromatic amines is 2. The number of nitrogens with zero attached hydrogens (tertiary/aromatic N) is 2. The molecule has 3 heterocycles. The minimum absolute atomic E-state index is 0. The first-order valence-corrected chi connectivity index (χ1v) is 8.01. The summed E-state index contributed by atoms with van der Waals surface area (Å²) in [4.78, 5) is 52.0. The number of aliphatic hydroxyl groups excluding tert-OH is 2. The molecule has 0 saturated carbocycles. The Morgan fingerprint density at radius 3 is 2.54 bits per heavy atom. The fourth-order valence-corrected chi connectivity index (χ4v) is 2.74. The molecule has 1 aliphatic rings. The van der Waals surface area contributed by atoms with Gasteiger partial charge in [0.25, 0.3) is 5.56 Å². The van der Waals surface area contributed by atoms with E-state index >= 15 is 0 Å². The van der Waals surface area contributed by atoms with Gasteiger partial charge in [-0.2, -0.15) is 0 Å². The summed E-state index contributed by atoms with van der Waals surface area (Å²) in [6.45, 7) is -0.803. The van der Waals surface area contributed by atoms with Gasteiger partial charge in [-0.1, -0.05) is 0 Å². The van der Waals surface area contributed by atoms with Crippen LogP contribution in [0.1, 0.15) is 6.23 Å². The Balaban J connectivity index is 0.00000169. The van der Waals surface area contributed by atoms with Gasteiger partial charge in [-0.25, -0.2) is 9.78 Å². The zero-order valence-corrected chi connectivity index (χ0v) is 18.6. The van der Waals surface area contributed by atoms with Gasteiger partial charge in [-0.3, -0.25) is 19.3 Å². The summed E-state index contributed by atoms with van der Waals surface area (Å²) < 4.78 is 20.9. The van der Waals surface area contributed by atoms with Crippen LogP contribution in [-0.4, -0.2) is 54.7 Å². The largest absolute Gasteiger partial charge is 1.00 e. The van der Waals surface area contributed by atoms with Gasteiger partial charge < -0.3 is 33.8 Å². The SMILES string of the molecule is O=c1[nH]c(=O)c2ncn([13C@@H]3O[13C@H]([13CH2]OP(=O)([O-])[O-])[13C@@H](O)[13C@H]3O)c2[nH]1.[Na+].[Na+]. The van der Waals surface area contributed by atoms with E-state index in [1.54, 1.807) is 0 Å². The van der Waals surface area contributed by atoms with E-state index in [0.717, 1.165) is 10.9 Å². The van der Waals surface area contributed by atoms with Crippen molar-refractivity contribution < 1.29 is 92.9 Å². The fourth-order valence-electron chi connectivity index (χ4n) is 2.41. The summed E-state index contributed by atoms with van der Waals surface area (Å²) in [6, 6.07) is 0. The molecule has 3 rings (SSSR count). The maximum atomic E-state index is 11.6. The summed E-state index contributed by atoms with van der Waals surface area (Å²) in [5.41, 5.74) is -1.79. The van der Waals surface area contributed by atoms with Crippen LogP contribution in [0.25, 0.3) is 11.2 Å². The van der Waals surface area contributed by atoms with Crippen LogP contribution in [0.4, 0.5) is 0 Å². The zero-order chi connectivity index (χ0) is 17.6. The molecular formula is C10H11N4Na2O9P. The summed E-state index contributed by atoms with van der Waals surface area (Å²) in [5.74, 6) is 0. The van der Waals surface area contributed by atoms with E-state index in [2.05, 4.69) is 14.5 Å². The molecule has 4 atom stereocenters. The van der Waals surface area contributed by atoms with Crippen molar-refractivity contribution in [1.29, 1.82) is 0 Å². The van der Waals surface area contributed by atoms with Crippen LogP contribution in [0.3, 0.4) is 0 Å². The molecule has 0 aliphatic carbocycles. The Morgan fingerprint density at radius 2 is 1.92 bits per heavy atom. The Hall–Kier alpha value is 0.140. The molecule has 0 unspecified atom stereocenters. The molecule has 0 bridgehead atoms. The fraction of sp³-hybridized carbons (Fsp3) is 0.500. The molecule has 1 aliphatic heterocycles. The predicted molar refractivity (Wildman–Crippen MR) is 70.5 cm³/mol. The molecule has 2 aromatic heterocycles. The Bertz CT molecular complexity index is 923.